The highest BCUT2D eigenvalue weighted by Crippen LogP contribution is 2.33. The molecule has 3 aromatic rings. The van der Waals surface area contributed by atoms with Crippen molar-refractivity contribution < 1.29 is 14.6 Å². The average Bonchev–Trinajstić information content (AvgIpc) is 3.06. The molecule has 0 spiro atoms. The van der Waals surface area contributed by atoms with E-state index in [1.807, 2.05) is 18.2 Å². The number of rotatable bonds is 6. The van der Waals surface area contributed by atoms with Crippen LogP contribution in [0.1, 0.15) is 31.3 Å². The molecule has 0 saturated carbocycles. The van der Waals surface area contributed by atoms with Crippen LogP contribution in [0.5, 0.6) is 11.5 Å². The number of aliphatic hydroxyl groups excluding tert-OH is 1. The van der Waals surface area contributed by atoms with E-state index in [-0.39, 0.29) is 24.0 Å². The van der Waals surface area contributed by atoms with E-state index in [4.69, 9.17) is 4.74 Å². The van der Waals surface area contributed by atoms with Gasteiger partial charge in [-0.3, -0.25) is 9.78 Å². The topological polar surface area (TPSA) is 96.4 Å². The zero-order valence-electron chi connectivity index (χ0n) is 16.3. The van der Waals surface area contributed by atoms with Gasteiger partial charge in [0.1, 0.15) is 17.2 Å². The maximum absolute atomic E-state index is 11.7. The van der Waals surface area contributed by atoms with Crippen LogP contribution in [-0.2, 0) is 0 Å². The molecule has 0 aliphatic heterocycles. The molecule has 148 valence electrons. The minimum absolute atomic E-state index is 0.0312. The highest BCUT2D eigenvalue weighted by molar-refractivity contribution is 7.22. The summed E-state index contributed by atoms with van der Waals surface area (Å²) < 4.78 is 6.85. The molecule has 0 aliphatic carbocycles. The third-order valence-corrected chi connectivity index (χ3v) is 5.26. The molecule has 0 fully saturated rings. The summed E-state index contributed by atoms with van der Waals surface area (Å²) in [6.07, 6.45) is 1.54. The fourth-order valence-corrected chi connectivity index (χ4v) is 3.53. The van der Waals surface area contributed by atoms with Crippen molar-refractivity contribution in [3.63, 3.8) is 0 Å². The van der Waals surface area contributed by atoms with Gasteiger partial charge >= 0.3 is 0 Å². The molecule has 2 aromatic heterocycles. The molecule has 2 heterocycles. The zero-order valence-corrected chi connectivity index (χ0v) is 17.1. The molecule has 7 nitrogen and oxygen atoms in total. The SMILES string of the molecule is CNC(=O)c1cc(Oc2ccc3nc(NC(CO)C(C)(C)C)sc3c2)ccn1. The van der Waals surface area contributed by atoms with Gasteiger partial charge in [-0.15, -0.1) is 0 Å². The summed E-state index contributed by atoms with van der Waals surface area (Å²) in [7, 11) is 1.56. The molecule has 0 bridgehead atoms. The van der Waals surface area contributed by atoms with E-state index in [9.17, 15) is 9.90 Å². The van der Waals surface area contributed by atoms with Crippen molar-refractivity contribution in [1.82, 2.24) is 15.3 Å². The van der Waals surface area contributed by atoms with Crippen LogP contribution in [0.15, 0.2) is 36.5 Å². The third-order valence-electron chi connectivity index (χ3n) is 4.31. The highest BCUT2D eigenvalue weighted by Gasteiger charge is 2.24. The second kappa shape index (κ2) is 8.12. The van der Waals surface area contributed by atoms with Crippen molar-refractivity contribution in [1.29, 1.82) is 0 Å². The molecule has 8 heteroatoms. The van der Waals surface area contributed by atoms with Crippen LogP contribution in [0.3, 0.4) is 0 Å². The lowest BCUT2D eigenvalue weighted by atomic mass is 9.87. The molecule has 1 aromatic carbocycles. The van der Waals surface area contributed by atoms with E-state index in [1.165, 1.54) is 17.5 Å². The number of anilines is 1. The van der Waals surface area contributed by atoms with Crippen molar-refractivity contribution in [2.75, 3.05) is 19.0 Å². The molecule has 3 rings (SSSR count). The number of carbonyl (C=O) groups excluding carboxylic acids is 1. The molecule has 1 amide bonds. The second-order valence-corrected chi connectivity index (χ2v) is 8.48. The van der Waals surface area contributed by atoms with E-state index in [0.717, 1.165) is 15.3 Å². The standard InChI is InChI=1S/C20H24N4O3S/c1-20(2,3)17(11-25)24-19-23-14-6-5-12(10-16(14)28-19)27-13-7-8-22-15(9-13)18(26)21-4/h5-10,17,25H,11H2,1-4H3,(H,21,26)(H,23,24). The third kappa shape index (κ3) is 4.58. The maximum Gasteiger partial charge on any atom is 0.269 e. The Morgan fingerprint density at radius 1 is 1.25 bits per heavy atom. The van der Waals surface area contributed by atoms with Crippen LogP contribution in [0.25, 0.3) is 10.2 Å². The molecule has 3 N–H and O–H groups in total. The van der Waals surface area contributed by atoms with E-state index in [1.54, 1.807) is 19.2 Å². The Kier molecular flexibility index (Phi) is 5.81. The van der Waals surface area contributed by atoms with Gasteiger partial charge in [0.05, 0.1) is 22.9 Å². The summed E-state index contributed by atoms with van der Waals surface area (Å²) in [5, 5.41) is 16.3. The average molecular weight is 401 g/mol. The van der Waals surface area contributed by atoms with E-state index in [2.05, 4.69) is 41.4 Å². The van der Waals surface area contributed by atoms with Crippen molar-refractivity contribution in [3.8, 4) is 11.5 Å². The van der Waals surface area contributed by atoms with Gasteiger partial charge < -0.3 is 20.5 Å². The van der Waals surface area contributed by atoms with Crippen molar-refractivity contribution >= 4 is 32.6 Å². The number of hydrogen-bond acceptors (Lipinski definition) is 7. The summed E-state index contributed by atoms with van der Waals surface area (Å²) >= 11 is 1.50. The number of nitrogens with zero attached hydrogens (tertiary/aromatic N) is 2. The summed E-state index contributed by atoms with van der Waals surface area (Å²) in [6, 6.07) is 8.83. The summed E-state index contributed by atoms with van der Waals surface area (Å²) in [4.78, 5) is 20.3. The summed E-state index contributed by atoms with van der Waals surface area (Å²) in [5.41, 5.74) is 1.05. The van der Waals surface area contributed by atoms with Crippen LogP contribution in [-0.4, -0.2) is 40.7 Å². The fraction of sp³-hybridized carbons (Fsp3) is 0.350. The normalized spacial score (nSPS) is 12.6. The minimum atomic E-state index is -0.267. The lowest BCUT2D eigenvalue weighted by Gasteiger charge is -2.29. The number of ether oxygens (including phenoxy) is 1. The largest absolute Gasteiger partial charge is 0.457 e. The molecule has 1 unspecified atom stereocenters. The van der Waals surface area contributed by atoms with Gasteiger partial charge in [-0.1, -0.05) is 32.1 Å². The number of nitrogens with one attached hydrogen (secondary N) is 2. The van der Waals surface area contributed by atoms with Gasteiger partial charge in [0.2, 0.25) is 0 Å². The summed E-state index contributed by atoms with van der Waals surface area (Å²) in [6.45, 7) is 6.25. The van der Waals surface area contributed by atoms with E-state index < -0.39 is 0 Å². The van der Waals surface area contributed by atoms with Crippen LogP contribution in [0.2, 0.25) is 0 Å². The molecular formula is C20H24N4O3S. The summed E-state index contributed by atoms with van der Waals surface area (Å²) in [5.74, 6) is 0.909. The molecule has 0 aliphatic rings. The first-order chi connectivity index (χ1) is 13.3. The maximum atomic E-state index is 11.7. The monoisotopic (exact) mass is 400 g/mol. The predicted octanol–water partition coefficient (Wildman–Crippen LogP) is 3.66. The minimum Gasteiger partial charge on any atom is -0.457 e. The Morgan fingerprint density at radius 3 is 2.68 bits per heavy atom. The molecule has 28 heavy (non-hydrogen) atoms. The number of aliphatic hydroxyl groups is 1. The zero-order chi connectivity index (χ0) is 20.3. The number of hydrogen-bond donors (Lipinski definition) is 3. The number of aromatic nitrogens is 2. The van der Waals surface area contributed by atoms with Crippen LogP contribution in [0.4, 0.5) is 5.13 Å². The van der Waals surface area contributed by atoms with Gasteiger partial charge in [0.25, 0.3) is 5.91 Å². The molecule has 1 atom stereocenters. The van der Waals surface area contributed by atoms with Crippen LogP contribution in [0, 0.1) is 5.41 Å². The Balaban J connectivity index is 1.80. The predicted molar refractivity (Wildman–Crippen MR) is 111 cm³/mol. The van der Waals surface area contributed by atoms with E-state index >= 15 is 0 Å². The lowest BCUT2D eigenvalue weighted by Crippen LogP contribution is -2.37. The number of pyridine rings is 1. The number of benzene rings is 1. The number of thiazole rings is 1. The first kappa shape index (κ1) is 20.0. The number of amides is 1. The Morgan fingerprint density at radius 2 is 2.00 bits per heavy atom. The number of fused-ring (bicyclic) bond motifs is 1. The first-order valence-electron chi connectivity index (χ1n) is 8.94. The molecule has 0 saturated heterocycles. The van der Waals surface area contributed by atoms with Crippen molar-refractivity contribution in [2.24, 2.45) is 5.41 Å². The number of carbonyl (C=O) groups is 1. The Hall–Kier alpha value is -2.71. The van der Waals surface area contributed by atoms with Gasteiger partial charge in [-0.25, -0.2) is 4.98 Å². The highest BCUT2D eigenvalue weighted by atomic mass is 32.1. The first-order valence-corrected chi connectivity index (χ1v) is 9.76. The second-order valence-electron chi connectivity index (χ2n) is 7.45. The smallest absolute Gasteiger partial charge is 0.269 e. The van der Waals surface area contributed by atoms with Gasteiger partial charge in [-0.2, -0.15) is 0 Å². The van der Waals surface area contributed by atoms with Gasteiger partial charge in [0, 0.05) is 25.4 Å². The van der Waals surface area contributed by atoms with Gasteiger partial charge in [-0.05, 0) is 23.6 Å². The quantitative estimate of drug-likeness (QED) is 0.584. The van der Waals surface area contributed by atoms with E-state index in [0.29, 0.717) is 17.2 Å². The van der Waals surface area contributed by atoms with Crippen molar-refractivity contribution in [2.45, 2.75) is 26.8 Å². The lowest BCUT2D eigenvalue weighted by molar-refractivity contribution is 0.0958. The van der Waals surface area contributed by atoms with Gasteiger partial charge in [0.15, 0.2) is 5.13 Å². The van der Waals surface area contributed by atoms with Crippen LogP contribution >= 0.6 is 11.3 Å². The molecular weight excluding hydrogens is 376 g/mol. The van der Waals surface area contributed by atoms with Crippen molar-refractivity contribution in [3.05, 3.63) is 42.2 Å². The van der Waals surface area contributed by atoms with Crippen LogP contribution < -0.4 is 15.4 Å². The molecule has 0 radical (unpaired) electrons. The Labute approximate surface area is 167 Å². The Bertz CT molecular complexity index is 981. The fourth-order valence-electron chi connectivity index (χ4n) is 2.58.